The van der Waals surface area contributed by atoms with E-state index in [4.69, 9.17) is 4.74 Å². The van der Waals surface area contributed by atoms with Crippen LogP contribution < -0.4 is 5.32 Å². The molecule has 0 heterocycles. The Hall–Kier alpha value is -2.82. The summed E-state index contributed by atoms with van der Waals surface area (Å²) in [4.78, 5) is 24.5. The molecule has 5 heteroatoms. The number of carbonyl (C=O) groups excluding carboxylic acids is 1. The highest BCUT2D eigenvalue weighted by atomic mass is 16.5. The highest BCUT2D eigenvalue weighted by Gasteiger charge is 2.45. The zero-order valence-electron chi connectivity index (χ0n) is 16.9. The first-order valence-electron chi connectivity index (χ1n) is 10.2. The third-order valence-electron chi connectivity index (χ3n) is 6.55. The number of rotatable bonds is 4. The summed E-state index contributed by atoms with van der Waals surface area (Å²) in [7, 11) is 0. The van der Waals surface area contributed by atoms with Crippen LogP contribution in [0, 0.1) is 5.41 Å². The summed E-state index contributed by atoms with van der Waals surface area (Å²) in [6.45, 7) is 4.44. The monoisotopic (exact) mass is 393 g/mol. The molecule has 0 atom stereocenters. The second-order valence-corrected chi connectivity index (χ2v) is 9.00. The fourth-order valence-electron chi connectivity index (χ4n) is 4.58. The molecular formula is C24H27NO4. The van der Waals surface area contributed by atoms with Crippen molar-refractivity contribution >= 4 is 12.1 Å². The van der Waals surface area contributed by atoms with Gasteiger partial charge in [-0.15, -0.1) is 0 Å². The van der Waals surface area contributed by atoms with E-state index in [2.05, 4.69) is 43.4 Å². The lowest BCUT2D eigenvalue weighted by atomic mass is 9.69. The Bertz CT molecular complexity index is 894. The molecule has 152 valence electrons. The minimum absolute atomic E-state index is 0.0424. The predicted octanol–water partition coefficient (Wildman–Crippen LogP) is 4.95. The zero-order chi connectivity index (χ0) is 20.6. The molecule has 1 amide bonds. The van der Waals surface area contributed by atoms with Crippen LogP contribution in [0.4, 0.5) is 4.79 Å². The van der Waals surface area contributed by atoms with Crippen molar-refractivity contribution in [3.63, 3.8) is 0 Å². The smallest absolute Gasteiger partial charge is 0.408 e. The van der Waals surface area contributed by atoms with Gasteiger partial charge in [0.1, 0.15) is 12.1 Å². The topological polar surface area (TPSA) is 75.6 Å². The Morgan fingerprint density at radius 1 is 0.966 bits per heavy atom. The van der Waals surface area contributed by atoms with Gasteiger partial charge in [0.2, 0.25) is 0 Å². The van der Waals surface area contributed by atoms with E-state index in [9.17, 15) is 14.7 Å². The fourth-order valence-corrected chi connectivity index (χ4v) is 4.58. The quantitative estimate of drug-likeness (QED) is 0.771. The van der Waals surface area contributed by atoms with Gasteiger partial charge >= 0.3 is 12.1 Å². The number of alkyl carbamates (subject to hydrolysis) is 1. The van der Waals surface area contributed by atoms with Gasteiger partial charge in [-0.05, 0) is 53.4 Å². The van der Waals surface area contributed by atoms with E-state index in [0.29, 0.717) is 12.8 Å². The molecule has 0 spiro atoms. The summed E-state index contributed by atoms with van der Waals surface area (Å²) in [5.41, 5.74) is 3.45. The first-order valence-corrected chi connectivity index (χ1v) is 10.2. The second-order valence-electron chi connectivity index (χ2n) is 9.00. The van der Waals surface area contributed by atoms with Crippen molar-refractivity contribution in [3.05, 3.63) is 59.7 Å². The third kappa shape index (κ3) is 3.61. The van der Waals surface area contributed by atoms with Crippen molar-refractivity contribution in [3.8, 4) is 11.1 Å². The van der Waals surface area contributed by atoms with E-state index < -0.39 is 17.6 Å². The lowest BCUT2D eigenvalue weighted by molar-refractivity contribution is -0.147. The number of hydrogen-bond acceptors (Lipinski definition) is 3. The van der Waals surface area contributed by atoms with Crippen molar-refractivity contribution in [2.24, 2.45) is 5.41 Å². The van der Waals surface area contributed by atoms with Crippen molar-refractivity contribution in [1.29, 1.82) is 0 Å². The number of hydrogen-bond donors (Lipinski definition) is 2. The molecule has 0 radical (unpaired) electrons. The van der Waals surface area contributed by atoms with Gasteiger partial charge in [0.05, 0.1) is 0 Å². The maximum absolute atomic E-state index is 12.6. The van der Waals surface area contributed by atoms with Crippen molar-refractivity contribution in [2.45, 2.75) is 51.0 Å². The van der Waals surface area contributed by atoms with Gasteiger partial charge in [0.15, 0.2) is 0 Å². The number of carboxylic acid groups (broad SMARTS) is 1. The Kier molecular flexibility index (Phi) is 4.85. The molecule has 2 aliphatic rings. The molecule has 4 rings (SSSR count). The largest absolute Gasteiger partial charge is 0.480 e. The number of aliphatic carboxylic acids is 1. The number of nitrogens with one attached hydrogen (secondary N) is 1. The fraction of sp³-hybridized carbons (Fsp3) is 0.417. The maximum Gasteiger partial charge on any atom is 0.408 e. The van der Waals surface area contributed by atoms with Crippen molar-refractivity contribution in [2.75, 3.05) is 6.61 Å². The molecule has 0 aliphatic heterocycles. The van der Waals surface area contributed by atoms with Gasteiger partial charge in [0.25, 0.3) is 0 Å². The lowest BCUT2D eigenvalue weighted by Gasteiger charge is -2.40. The normalized spacial score (nSPS) is 19.1. The number of amides is 1. The average molecular weight is 393 g/mol. The first-order chi connectivity index (χ1) is 13.8. The number of carbonyl (C=O) groups is 2. The predicted molar refractivity (Wildman–Crippen MR) is 111 cm³/mol. The lowest BCUT2D eigenvalue weighted by Crippen LogP contribution is -2.57. The minimum atomic E-state index is -1.24. The molecule has 5 nitrogen and oxygen atoms in total. The van der Waals surface area contributed by atoms with Crippen LogP contribution in [-0.2, 0) is 9.53 Å². The number of ether oxygens (including phenoxy) is 1. The zero-order valence-corrected chi connectivity index (χ0v) is 16.9. The summed E-state index contributed by atoms with van der Waals surface area (Å²) in [6.07, 6.45) is 1.68. The van der Waals surface area contributed by atoms with Gasteiger partial charge in [-0.2, -0.15) is 0 Å². The maximum atomic E-state index is 12.6. The highest BCUT2D eigenvalue weighted by Crippen LogP contribution is 2.44. The Morgan fingerprint density at radius 3 is 2.00 bits per heavy atom. The van der Waals surface area contributed by atoms with Crippen LogP contribution in [0.5, 0.6) is 0 Å². The molecule has 0 bridgehead atoms. The highest BCUT2D eigenvalue weighted by molar-refractivity contribution is 5.84. The van der Waals surface area contributed by atoms with Crippen molar-refractivity contribution in [1.82, 2.24) is 5.32 Å². The van der Waals surface area contributed by atoms with Crippen LogP contribution >= 0.6 is 0 Å². The summed E-state index contributed by atoms with van der Waals surface area (Å²) in [5, 5.41) is 12.5. The third-order valence-corrected chi connectivity index (χ3v) is 6.55. The molecule has 2 aromatic rings. The molecule has 0 saturated heterocycles. The van der Waals surface area contributed by atoms with Crippen LogP contribution in [0.15, 0.2) is 48.5 Å². The Morgan fingerprint density at radius 2 is 1.48 bits per heavy atom. The van der Waals surface area contributed by atoms with Crippen molar-refractivity contribution < 1.29 is 19.4 Å². The average Bonchev–Trinajstić information content (AvgIpc) is 3.02. The number of carboxylic acids is 1. The van der Waals surface area contributed by atoms with Gasteiger partial charge in [-0.25, -0.2) is 9.59 Å². The van der Waals surface area contributed by atoms with E-state index in [0.717, 1.165) is 35.1 Å². The van der Waals surface area contributed by atoms with Crippen LogP contribution in [0.2, 0.25) is 0 Å². The molecule has 1 saturated carbocycles. The molecule has 2 aromatic carbocycles. The molecular weight excluding hydrogens is 366 g/mol. The van der Waals surface area contributed by atoms with E-state index in [1.807, 2.05) is 24.3 Å². The molecule has 0 unspecified atom stereocenters. The Labute approximate surface area is 171 Å². The van der Waals surface area contributed by atoms with E-state index in [1.54, 1.807) is 0 Å². The van der Waals surface area contributed by atoms with E-state index in [1.165, 1.54) is 0 Å². The summed E-state index contributed by atoms with van der Waals surface area (Å²) in [5.74, 6) is -1.03. The van der Waals surface area contributed by atoms with Crippen LogP contribution in [0.3, 0.4) is 0 Å². The van der Waals surface area contributed by atoms with Gasteiger partial charge in [0, 0.05) is 5.92 Å². The standard InChI is InChI=1S/C24H27NO4/c1-23(2)11-13-24(14-12-23,21(26)27)25-22(28)29-15-20-18-9-5-3-7-16(18)17-8-4-6-10-19(17)20/h3-10,20H,11-15H2,1-2H3,(H,25,28)(H,26,27). The minimum Gasteiger partial charge on any atom is -0.480 e. The summed E-state index contributed by atoms with van der Waals surface area (Å²) >= 11 is 0. The molecule has 2 N–H and O–H groups in total. The van der Waals surface area contributed by atoms with Crippen LogP contribution in [0.25, 0.3) is 11.1 Å². The number of fused-ring (bicyclic) bond motifs is 3. The second kappa shape index (κ2) is 7.21. The SMILES string of the molecule is CC1(C)CCC(NC(=O)OCC2c3ccccc3-c3ccccc32)(C(=O)O)CC1. The Balaban J connectivity index is 1.47. The van der Waals surface area contributed by atoms with E-state index in [-0.39, 0.29) is 17.9 Å². The summed E-state index contributed by atoms with van der Waals surface area (Å²) in [6, 6.07) is 16.3. The van der Waals surface area contributed by atoms with Gasteiger partial charge in [-0.1, -0.05) is 62.4 Å². The first kappa shape index (κ1) is 19.5. The van der Waals surface area contributed by atoms with Gasteiger partial charge in [-0.3, -0.25) is 0 Å². The molecule has 29 heavy (non-hydrogen) atoms. The van der Waals surface area contributed by atoms with Gasteiger partial charge < -0.3 is 15.2 Å². The van der Waals surface area contributed by atoms with Crippen LogP contribution in [0.1, 0.15) is 56.6 Å². The molecule has 0 aromatic heterocycles. The molecule has 2 aliphatic carbocycles. The van der Waals surface area contributed by atoms with E-state index >= 15 is 0 Å². The van der Waals surface area contributed by atoms with Crippen LogP contribution in [-0.4, -0.2) is 29.3 Å². The number of benzene rings is 2. The summed E-state index contributed by atoms with van der Waals surface area (Å²) < 4.78 is 5.56. The molecule has 1 fully saturated rings.